The molecule has 0 spiro atoms. The molecule has 3 atom stereocenters. The van der Waals surface area contributed by atoms with E-state index in [1.165, 1.54) is 11.0 Å². The predicted octanol–water partition coefficient (Wildman–Crippen LogP) is 3.75. The lowest BCUT2D eigenvalue weighted by molar-refractivity contribution is -0.167. The minimum atomic E-state index is -1.05. The van der Waals surface area contributed by atoms with Gasteiger partial charge in [0.15, 0.2) is 11.5 Å². The van der Waals surface area contributed by atoms with Gasteiger partial charge in [-0.1, -0.05) is 0 Å². The summed E-state index contributed by atoms with van der Waals surface area (Å²) in [5.74, 6) is -0.978. The Balaban J connectivity index is 1.65. The first-order chi connectivity index (χ1) is 15.0. The van der Waals surface area contributed by atoms with Gasteiger partial charge >= 0.3 is 0 Å². The molecule has 8 heteroatoms. The fourth-order valence-electron chi connectivity index (χ4n) is 4.00. The molecule has 4 rings (SSSR count). The molecule has 31 heavy (non-hydrogen) atoms. The number of nitrogens with zero attached hydrogens (tertiary/aromatic N) is 2. The monoisotopic (exact) mass is 428 g/mol. The molecule has 2 aromatic rings. The maximum Gasteiger partial charge on any atom is 0.266 e. The SMILES string of the molecule is CCOc1cc(C#N)ccc1O[C@@H]1C(=O)N(C[C@H]2CCCO2)[C@@H]1c1cc(F)ccc1F. The highest BCUT2D eigenvalue weighted by molar-refractivity contribution is 5.89. The van der Waals surface area contributed by atoms with Crippen LogP contribution in [0.15, 0.2) is 36.4 Å². The second kappa shape index (κ2) is 8.90. The van der Waals surface area contributed by atoms with Crippen molar-refractivity contribution in [3.05, 3.63) is 59.2 Å². The Bertz CT molecular complexity index is 1020. The summed E-state index contributed by atoms with van der Waals surface area (Å²) < 4.78 is 45.6. The van der Waals surface area contributed by atoms with Crippen molar-refractivity contribution in [3.63, 3.8) is 0 Å². The number of rotatable bonds is 7. The van der Waals surface area contributed by atoms with Gasteiger partial charge in [0.05, 0.1) is 24.3 Å². The minimum Gasteiger partial charge on any atom is -0.490 e. The van der Waals surface area contributed by atoms with Crippen LogP contribution in [0, 0.1) is 23.0 Å². The lowest BCUT2D eigenvalue weighted by Crippen LogP contribution is -2.62. The average molecular weight is 428 g/mol. The Hall–Kier alpha value is -3.18. The van der Waals surface area contributed by atoms with Crippen LogP contribution in [-0.4, -0.2) is 42.8 Å². The van der Waals surface area contributed by atoms with Crippen LogP contribution < -0.4 is 9.47 Å². The maximum absolute atomic E-state index is 14.6. The third-order valence-electron chi connectivity index (χ3n) is 5.48. The third-order valence-corrected chi connectivity index (χ3v) is 5.48. The van der Waals surface area contributed by atoms with Crippen LogP contribution in [0.5, 0.6) is 11.5 Å². The molecule has 0 unspecified atom stereocenters. The van der Waals surface area contributed by atoms with Crippen LogP contribution in [0.25, 0.3) is 0 Å². The molecule has 2 saturated heterocycles. The molecule has 0 aliphatic carbocycles. The number of β-lactam (4-membered cyclic amide) rings is 1. The first-order valence-corrected chi connectivity index (χ1v) is 10.2. The number of benzene rings is 2. The minimum absolute atomic E-state index is 0.0502. The summed E-state index contributed by atoms with van der Waals surface area (Å²) >= 11 is 0. The molecule has 1 amide bonds. The zero-order valence-corrected chi connectivity index (χ0v) is 17.0. The molecule has 0 saturated carbocycles. The Labute approximate surface area is 178 Å². The summed E-state index contributed by atoms with van der Waals surface area (Å²) in [6, 6.07) is 8.99. The summed E-state index contributed by atoms with van der Waals surface area (Å²) in [6.45, 7) is 3.02. The number of likely N-dealkylation sites (tertiary alicyclic amines) is 1. The number of ether oxygens (including phenoxy) is 3. The summed E-state index contributed by atoms with van der Waals surface area (Å²) in [7, 11) is 0. The van der Waals surface area contributed by atoms with E-state index in [-0.39, 0.29) is 29.9 Å². The Morgan fingerprint density at radius 2 is 2.06 bits per heavy atom. The lowest BCUT2D eigenvalue weighted by Gasteiger charge is -2.47. The van der Waals surface area contributed by atoms with Gasteiger partial charge in [0, 0.05) is 24.8 Å². The second-order valence-electron chi connectivity index (χ2n) is 7.48. The van der Waals surface area contributed by atoms with Crippen LogP contribution >= 0.6 is 0 Å². The number of halogens is 2. The molecule has 0 radical (unpaired) electrons. The molecule has 2 aliphatic rings. The number of carbonyl (C=O) groups excluding carboxylic acids is 1. The molecule has 2 heterocycles. The van der Waals surface area contributed by atoms with Crippen LogP contribution in [0.1, 0.15) is 36.9 Å². The van der Waals surface area contributed by atoms with Crippen molar-refractivity contribution in [2.45, 2.75) is 38.0 Å². The van der Waals surface area contributed by atoms with Crippen molar-refractivity contribution in [2.24, 2.45) is 0 Å². The largest absolute Gasteiger partial charge is 0.490 e. The molecule has 2 aromatic carbocycles. The number of hydrogen-bond donors (Lipinski definition) is 0. The smallest absolute Gasteiger partial charge is 0.266 e. The van der Waals surface area contributed by atoms with Crippen LogP contribution in [0.3, 0.4) is 0 Å². The maximum atomic E-state index is 14.6. The Kier molecular flexibility index (Phi) is 6.05. The highest BCUT2D eigenvalue weighted by Gasteiger charge is 2.52. The molecule has 162 valence electrons. The van der Waals surface area contributed by atoms with Gasteiger partial charge in [0.2, 0.25) is 6.10 Å². The van der Waals surface area contributed by atoms with Crippen molar-refractivity contribution >= 4 is 5.91 Å². The molecule has 2 aliphatic heterocycles. The van der Waals surface area contributed by atoms with E-state index in [1.807, 2.05) is 6.07 Å². The van der Waals surface area contributed by atoms with E-state index in [2.05, 4.69) is 0 Å². The molecular formula is C23H22F2N2O4. The molecule has 0 bridgehead atoms. The normalized spacial score (nSPS) is 22.7. The van der Waals surface area contributed by atoms with Gasteiger partial charge in [-0.15, -0.1) is 0 Å². The standard InChI is InChI=1S/C23H22F2N2O4/c1-2-29-20-10-14(12-26)5-8-19(20)31-22-21(17-11-15(24)6-7-18(17)25)27(23(22)28)13-16-4-3-9-30-16/h5-8,10-11,16,21-22H,2-4,9,13H2,1H3/t16-,21-,22+/m1/s1. The topological polar surface area (TPSA) is 71.8 Å². The highest BCUT2D eigenvalue weighted by Crippen LogP contribution is 2.41. The molecule has 0 aromatic heterocycles. The van der Waals surface area contributed by atoms with Crippen molar-refractivity contribution < 1.29 is 27.8 Å². The van der Waals surface area contributed by atoms with E-state index in [9.17, 15) is 13.6 Å². The van der Waals surface area contributed by atoms with Gasteiger partial charge in [0.1, 0.15) is 17.7 Å². The lowest BCUT2D eigenvalue weighted by atomic mass is 9.89. The zero-order valence-electron chi connectivity index (χ0n) is 17.0. The first-order valence-electron chi connectivity index (χ1n) is 10.2. The summed E-state index contributed by atoms with van der Waals surface area (Å²) in [5.41, 5.74) is 0.428. The molecule has 6 nitrogen and oxygen atoms in total. The number of hydrogen-bond acceptors (Lipinski definition) is 5. The molecule has 2 fully saturated rings. The predicted molar refractivity (Wildman–Crippen MR) is 107 cm³/mol. The Morgan fingerprint density at radius 3 is 2.77 bits per heavy atom. The number of carbonyl (C=O) groups is 1. The van der Waals surface area contributed by atoms with E-state index in [4.69, 9.17) is 19.5 Å². The summed E-state index contributed by atoms with van der Waals surface area (Å²) in [4.78, 5) is 14.4. The van der Waals surface area contributed by atoms with Crippen LogP contribution in [0.4, 0.5) is 8.78 Å². The molecule has 0 N–H and O–H groups in total. The fraction of sp³-hybridized carbons (Fsp3) is 0.391. The van der Waals surface area contributed by atoms with E-state index < -0.39 is 23.8 Å². The van der Waals surface area contributed by atoms with Gasteiger partial charge in [-0.25, -0.2) is 8.78 Å². The van der Waals surface area contributed by atoms with Gasteiger partial charge in [-0.3, -0.25) is 4.79 Å². The first kappa shape index (κ1) is 21.1. The highest BCUT2D eigenvalue weighted by atomic mass is 19.1. The van der Waals surface area contributed by atoms with Crippen LogP contribution in [0.2, 0.25) is 0 Å². The van der Waals surface area contributed by atoms with Gasteiger partial charge in [-0.2, -0.15) is 5.26 Å². The van der Waals surface area contributed by atoms with Crippen LogP contribution in [-0.2, 0) is 9.53 Å². The van der Waals surface area contributed by atoms with Crippen molar-refractivity contribution in [3.8, 4) is 17.6 Å². The van der Waals surface area contributed by atoms with E-state index in [1.54, 1.807) is 19.1 Å². The summed E-state index contributed by atoms with van der Waals surface area (Å²) in [6.07, 6.45) is 0.509. The number of nitriles is 1. The van der Waals surface area contributed by atoms with Gasteiger partial charge in [-0.05, 0) is 50.1 Å². The second-order valence-corrected chi connectivity index (χ2v) is 7.48. The molecular weight excluding hydrogens is 406 g/mol. The van der Waals surface area contributed by atoms with E-state index in [0.29, 0.717) is 24.5 Å². The van der Waals surface area contributed by atoms with E-state index >= 15 is 0 Å². The average Bonchev–Trinajstić information content (AvgIpc) is 3.29. The van der Waals surface area contributed by atoms with Crippen molar-refractivity contribution in [1.82, 2.24) is 4.90 Å². The Morgan fingerprint density at radius 1 is 1.23 bits per heavy atom. The third kappa shape index (κ3) is 4.19. The van der Waals surface area contributed by atoms with Gasteiger partial charge < -0.3 is 19.1 Å². The summed E-state index contributed by atoms with van der Waals surface area (Å²) in [5, 5.41) is 9.12. The fourth-order valence-corrected chi connectivity index (χ4v) is 4.00. The van der Waals surface area contributed by atoms with E-state index in [0.717, 1.165) is 31.0 Å². The van der Waals surface area contributed by atoms with Gasteiger partial charge in [0.25, 0.3) is 5.91 Å². The zero-order chi connectivity index (χ0) is 22.0. The van der Waals surface area contributed by atoms with Crippen molar-refractivity contribution in [2.75, 3.05) is 19.8 Å². The number of amides is 1. The quantitative estimate of drug-likeness (QED) is 0.629. The van der Waals surface area contributed by atoms with Crippen molar-refractivity contribution in [1.29, 1.82) is 5.26 Å².